The summed E-state index contributed by atoms with van der Waals surface area (Å²) in [7, 11) is 0. The van der Waals surface area contributed by atoms with Gasteiger partial charge in [0.25, 0.3) is 0 Å². The molecule has 0 aliphatic heterocycles. The average Bonchev–Trinajstić information content (AvgIpc) is 2.00. The summed E-state index contributed by atoms with van der Waals surface area (Å²) in [6, 6.07) is 7.18. The first-order valence-corrected chi connectivity index (χ1v) is 5.49. The van der Waals surface area contributed by atoms with E-state index in [0.717, 1.165) is 5.56 Å². The zero-order valence-electron chi connectivity index (χ0n) is 9.14. The van der Waals surface area contributed by atoms with Crippen molar-refractivity contribution in [1.82, 2.24) is 5.32 Å². The van der Waals surface area contributed by atoms with Crippen LogP contribution >= 0.6 is 23.2 Å². The van der Waals surface area contributed by atoms with Crippen molar-refractivity contribution in [3.63, 3.8) is 0 Å². The molecule has 2 nitrogen and oxygen atoms in total. The van der Waals surface area contributed by atoms with Crippen LogP contribution in [0.25, 0.3) is 0 Å². The highest BCUT2D eigenvalue weighted by Gasteiger charge is 2.30. The molecule has 0 aliphatic rings. The van der Waals surface area contributed by atoms with Crippen LogP contribution in [0.5, 0.6) is 0 Å². The molecule has 1 aromatic carbocycles. The van der Waals surface area contributed by atoms with E-state index in [1.54, 1.807) is 12.1 Å². The van der Waals surface area contributed by atoms with E-state index in [1.807, 2.05) is 32.9 Å². The zero-order valence-corrected chi connectivity index (χ0v) is 10.7. The van der Waals surface area contributed by atoms with E-state index >= 15 is 0 Å². The number of anilines is 1. The van der Waals surface area contributed by atoms with E-state index in [9.17, 15) is 0 Å². The van der Waals surface area contributed by atoms with Gasteiger partial charge in [0.05, 0.1) is 0 Å². The molecule has 0 amide bonds. The third kappa shape index (κ3) is 3.90. The molecular weight excluding hydrogens is 231 g/mol. The van der Waals surface area contributed by atoms with Crippen LogP contribution in [0, 0.1) is 0 Å². The molecular formula is C11H16Cl2N2. The normalized spacial score (nSPS) is 12.9. The maximum Gasteiger partial charge on any atom is 0.195 e. The van der Waals surface area contributed by atoms with Gasteiger partial charge in [0.2, 0.25) is 0 Å². The fourth-order valence-corrected chi connectivity index (χ4v) is 2.05. The van der Waals surface area contributed by atoms with Gasteiger partial charge in [0.1, 0.15) is 0 Å². The quantitative estimate of drug-likeness (QED) is 0.478. The Morgan fingerprint density at radius 1 is 1.07 bits per heavy atom. The van der Waals surface area contributed by atoms with Crippen molar-refractivity contribution >= 4 is 28.9 Å². The van der Waals surface area contributed by atoms with Gasteiger partial charge < -0.3 is 5.73 Å². The van der Waals surface area contributed by atoms with Gasteiger partial charge in [-0.15, -0.1) is 0 Å². The van der Waals surface area contributed by atoms with Crippen molar-refractivity contribution in [2.24, 2.45) is 0 Å². The molecule has 1 aromatic rings. The molecule has 0 heterocycles. The summed E-state index contributed by atoms with van der Waals surface area (Å²) in [5.74, 6) is 0. The standard InChI is InChI=1S/C11H16Cl2N2/c1-10(2,3)15-11(12,13)8-4-6-9(14)7-5-8/h4-7,15H,14H2,1-3H3. The summed E-state index contributed by atoms with van der Waals surface area (Å²) in [6.07, 6.45) is 0. The Morgan fingerprint density at radius 3 is 1.93 bits per heavy atom. The van der Waals surface area contributed by atoms with Gasteiger partial charge in [0, 0.05) is 16.8 Å². The number of nitrogen functional groups attached to an aromatic ring is 1. The second-order valence-electron chi connectivity index (χ2n) is 4.57. The Morgan fingerprint density at radius 2 is 1.53 bits per heavy atom. The average molecular weight is 247 g/mol. The summed E-state index contributed by atoms with van der Waals surface area (Å²) >= 11 is 12.4. The van der Waals surface area contributed by atoms with Crippen molar-refractivity contribution in [2.45, 2.75) is 30.8 Å². The van der Waals surface area contributed by atoms with Gasteiger partial charge >= 0.3 is 0 Å². The van der Waals surface area contributed by atoms with E-state index in [2.05, 4.69) is 5.32 Å². The lowest BCUT2D eigenvalue weighted by Crippen LogP contribution is -2.45. The van der Waals surface area contributed by atoms with Crippen LogP contribution in [0.15, 0.2) is 24.3 Å². The van der Waals surface area contributed by atoms with Crippen LogP contribution in [0.3, 0.4) is 0 Å². The minimum absolute atomic E-state index is 0.162. The predicted molar refractivity (Wildman–Crippen MR) is 67.1 cm³/mol. The van der Waals surface area contributed by atoms with E-state index in [-0.39, 0.29) is 5.54 Å². The molecule has 84 valence electrons. The van der Waals surface area contributed by atoms with Crippen molar-refractivity contribution < 1.29 is 0 Å². The first-order valence-electron chi connectivity index (χ1n) is 4.74. The molecule has 0 atom stereocenters. The lowest BCUT2D eigenvalue weighted by atomic mass is 10.1. The van der Waals surface area contributed by atoms with Crippen molar-refractivity contribution in [3.8, 4) is 0 Å². The molecule has 0 bridgehead atoms. The largest absolute Gasteiger partial charge is 0.399 e. The molecule has 4 heteroatoms. The van der Waals surface area contributed by atoms with E-state index < -0.39 is 4.46 Å². The number of hydrogen-bond donors (Lipinski definition) is 2. The van der Waals surface area contributed by atoms with Crippen LogP contribution in [0.4, 0.5) is 5.69 Å². The summed E-state index contributed by atoms with van der Waals surface area (Å²) < 4.78 is -1.09. The number of benzene rings is 1. The molecule has 0 radical (unpaired) electrons. The number of alkyl halides is 2. The lowest BCUT2D eigenvalue weighted by Gasteiger charge is -2.31. The SMILES string of the molecule is CC(C)(C)NC(Cl)(Cl)c1ccc(N)cc1. The van der Waals surface area contributed by atoms with Crippen molar-refractivity contribution in [1.29, 1.82) is 0 Å². The number of nitrogens with one attached hydrogen (secondary N) is 1. The fourth-order valence-electron chi connectivity index (χ4n) is 1.24. The smallest absolute Gasteiger partial charge is 0.195 e. The maximum atomic E-state index is 6.21. The van der Waals surface area contributed by atoms with Crippen LogP contribution in [-0.2, 0) is 4.46 Å². The van der Waals surface area contributed by atoms with Gasteiger partial charge in [-0.2, -0.15) is 0 Å². The molecule has 1 rings (SSSR count). The number of nitrogens with two attached hydrogens (primary N) is 1. The summed E-state index contributed by atoms with van der Waals surface area (Å²) in [4.78, 5) is 0. The van der Waals surface area contributed by atoms with Gasteiger partial charge in [-0.1, -0.05) is 35.3 Å². The summed E-state index contributed by atoms with van der Waals surface area (Å²) in [5, 5.41) is 3.12. The number of rotatable bonds is 2. The molecule has 0 spiro atoms. The molecule has 0 unspecified atom stereocenters. The Labute approximate surface area is 101 Å². The fraction of sp³-hybridized carbons (Fsp3) is 0.455. The highest BCUT2D eigenvalue weighted by atomic mass is 35.5. The molecule has 3 N–H and O–H groups in total. The highest BCUT2D eigenvalue weighted by molar-refractivity contribution is 6.47. The third-order valence-corrected chi connectivity index (χ3v) is 2.43. The molecule has 0 aromatic heterocycles. The Bertz CT molecular complexity index is 325. The molecule has 0 saturated carbocycles. The second kappa shape index (κ2) is 4.20. The molecule has 0 aliphatic carbocycles. The first-order chi connectivity index (χ1) is 6.71. The third-order valence-electron chi connectivity index (χ3n) is 1.81. The van der Waals surface area contributed by atoms with Crippen LogP contribution in [0.2, 0.25) is 0 Å². The molecule has 0 saturated heterocycles. The van der Waals surface area contributed by atoms with Crippen LogP contribution < -0.4 is 11.1 Å². The van der Waals surface area contributed by atoms with Crippen molar-refractivity contribution in [3.05, 3.63) is 29.8 Å². The Hall–Kier alpha value is -0.440. The maximum absolute atomic E-state index is 6.21. The van der Waals surface area contributed by atoms with Gasteiger partial charge in [0.15, 0.2) is 4.46 Å². The van der Waals surface area contributed by atoms with Gasteiger partial charge in [-0.3, -0.25) is 5.32 Å². The second-order valence-corrected chi connectivity index (χ2v) is 5.90. The molecule has 0 fully saturated rings. The first kappa shape index (κ1) is 12.6. The lowest BCUT2D eigenvalue weighted by molar-refractivity contribution is 0.392. The van der Waals surface area contributed by atoms with Gasteiger partial charge in [-0.05, 0) is 32.9 Å². The predicted octanol–water partition coefficient (Wildman–Crippen LogP) is 3.24. The highest BCUT2D eigenvalue weighted by Crippen LogP contribution is 2.33. The molecule has 15 heavy (non-hydrogen) atoms. The Balaban J connectivity index is 2.90. The number of hydrogen-bond acceptors (Lipinski definition) is 2. The van der Waals surface area contributed by atoms with E-state index in [0.29, 0.717) is 5.69 Å². The van der Waals surface area contributed by atoms with E-state index in [4.69, 9.17) is 28.9 Å². The monoisotopic (exact) mass is 246 g/mol. The summed E-state index contributed by atoms with van der Waals surface area (Å²) in [6.45, 7) is 6.01. The summed E-state index contributed by atoms with van der Waals surface area (Å²) in [5.41, 5.74) is 6.91. The number of halogens is 2. The van der Waals surface area contributed by atoms with Crippen molar-refractivity contribution in [2.75, 3.05) is 5.73 Å². The van der Waals surface area contributed by atoms with Crippen LogP contribution in [-0.4, -0.2) is 5.54 Å². The van der Waals surface area contributed by atoms with Crippen LogP contribution in [0.1, 0.15) is 26.3 Å². The van der Waals surface area contributed by atoms with Gasteiger partial charge in [-0.25, -0.2) is 0 Å². The minimum atomic E-state index is -1.09. The topological polar surface area (TPSA) is 38.0 Å². The minimum Gasteiger partial charge on any atom is -0.399 e. The van der Waals surface area contributed by atoms with E-state index in [1.165, 1.54) is 0 Å². The zero-order chi connectivity index (χ0) is 11.7. The Kier molecular flexibility index (Phi) is 3.54.